The van der Waals surface area contributed by atoms with Crippen LogP contribution in [0.2, 0.25) is 0 Å². The highest BCUT2D eigenvalue weighted by Crippen LogP contribution is 2.36. The molecular weight excluding hydrogens is 264 g/mol. The summed E-state index contributed by atoms with van der Waals surface area (Å²) in [5.41, 5.74) is 0.869. The van der Waals surface area contributed by atoms with Crippen LogP contribution in [-0.2, 0) is 4.79 Å². The highest BCUT2D eigenvalue weighted by molar-refractivity contribution is 5.97. The van der Waals surface area contributed by atoms with E-state index in [9.17, 15) is 9.59 Å². The number of amides is 2. The van der Waals surface area contributed by atoms with Crippen molar-refractivity contribution in [2.75, 3.05) is 0 Å². The third-order valence-electron chi connectivity index (χ3n) is 4.09. The maximum absolute atomic E-state index is 12.2. The maximum Gasteiger partial charge on any atom is 0.251 e. The Morgan fingerprint density at radius 1 is 1.24 bits per heavy atom. The third kappa shape index (κ3) is 4.31. The van der Waals surface area contributed by atoms with Gasteiger partial charge in [0.1, 0.15) is 6.04 Å². The molecule has 0 spiro atoms. The molecule has 2 unspecified atom stereocenters. The Kier molecular flexibility index (Phi) is 4.66. The SMILES string of the molecule is CC(NC(=O)c1ccccc1)C(=O)NC1CCC(C)(C)C1. The van der Waals surface area contributed by atoms with Crippen molar-refractivity contribution < 1.29 is 9.59 Å². The first-order valence-corrected chi connectivity index (χ1v) is 7.54. The van der Waals surface area contributed by atoms with E-state index in [0.29, 0.717) is 11.0 Å². The van der Waals surface area contributed by atoms with E-state index in [1.54, 1.807) is 31.2 Å². The lowest BCUT2D eigenvalue weighted by Crippen LogP contribution is -2.47. The van der Waals surface area contributed by atoms with Gasteiger partial charge >= 0.3 is 0 Å². The van der Waals surface area contributed by atoms with Gasteiger partial charge in [-0.15, -0.1) is 0 Å². The molecule has 2 amide bonds. The summed E-state index contributed by atoms with van der Waals surface area (Å²) in [5, 5.41) is 5.78. The highest BCUT2D eigenvalue weighted by Gasteiger charge is 2.32. The number of rotatable bonds is 4. The van der Waals surface area contributed by atoms with Crippen molar-refractivity contribution in [3.63, 3.8) is 0 Å². The van der Waals surface area contributed by atoms with Crippen LogP contribution in [0.15, 0.2) is 30.3 Å². The first-order chi connectivity index (χ1) is 9.87. The first kappa shape index (κ1) is 15.5. The molecule has 0 radical (unpaired) electrons. The zero-order valence-electron chi connectivity index (χ0n) is 13.0. The summed E-state index contributed by atoms with van der Waals surface area (Å²) in [6.07, 6.45) is 3.14. The van der Waals surface area contributed by atoms with E-state index in [-0.39, 0.29) is 17.9 Å². The van der Waals surface area contributed by atoms with Crippen molar-refractivity contribution in [2.24, 2.45) is 5.41 Å². The lowest BCUT2D eigenvalue weighted by Gasteiger charge is -2.20. The first-order valence-electron chi connectivity index (χ1n) is 7.54. The van der Waals surface area contributed by atoms with Crippen LogP contribution in [0.25, 0.3) is 0 Å². The number of carbonyl (C=O) groups excluding carboxylic acids is 2. The van der Waals surface area contributed by atoms with Gasteiger partial charge in [0.05, 0.1) is 0 Å². The van der Waals surface area contributed by atoms with E-state index in [4.69, 9.17) is 0 Å². The van der Waals surface area contributed by atoms with E-state index in [0.717, 1.165) is 19.3 Å². The van der Waals surface area contributed by atoms with Crippen LogP contribution in [-0.4, -0.2) is 23.9 Å². The Morgan fingerprint density at radius 3 is 2.48 bits per heavy atom. The predicted molar refractivity (Wildman–Crippen MR) is 82.9 cm³/mol. The molecule has 21 heavy (non-hydrogen) atoms. The molecule has 4 nitrogen and oxygen atoms in total. The summed E-state index contributed by atoms with van der Waals surface area (Å²) in [4.78, 5) is 24.2. The summed E-state index contributed by atoms with van der Waals surface area (Å²) in [6.45, 7) is 6.16. The molecule has 2 N–H and O–H groups in total. The van der Waals surface area contributed by atoms with Gasteiger partial charge < -0.3 is 10.6 Å². The van der Waals surface area contributed by atoms with Gasteiger partial charge in [-0.3, -0.25) is 9.59 Å². The molecule has 4 heteroatoms. The second-order valence-corrected chi connectivity index (χ2v) is 6.67. The lowest BCUT2D eigenvalue weighted by molar-refractivity contribution is -0.123. The van der Waals surface area contributed by atoms with Gasteiger partial charge in [-0.2, -0.15) is 0 Å². The minimum Gasteiger partial charge on any atom is -0.352 e. The molecule has 1 aliphatic carbocycles. The van der Waals surface area contributed by atoms with Crippen LogP contribution in [0.5, 0.6) is 0 Å². The van der Waals surface area contributed by atoms with Crippen LogP contribution in [0.3, 0.4) is 0 Å². The molecule has 0 saturated heterocycles. The number of nitrogens with one attached hydrogen (secondary N) is 2. The fourth-order valence-corrected chi connectivity index (χ4v) is 2.82. The molecule has 1 aromatic carbocycles. The third-order valence-corrected chi connectivity index (χ3v) is 4.09. The molecule has 114 valence electrons. The summed E-state index contributed by atoms with van der Waals surface area (Å²) in [7, 11) is 0. The zero-order valence-corrected chi connectivity index (χ0v) is 13.0. The average molecular weight is 288 g/mol. The topological polar surface area (TPSA) is 58.2 Å². The van der Waals surface area contributed by atoms with Gasteiger partial charge in [-0.25, -0.2) is 0 Å². The van der Waals surface area contributed by atoms with Crippen LogP contribution < -0.4 is 10.6 Å². The molecule has 1 aliphatic rings. The number of hydrogen-bond acceptors (Lipinski definition) is 2. The molecule has 0 aromatic heterocycles. The summed E-state index contributed by atoms with van der Waals surface area (Å²) < 4.78 is 0. The Balaban J connectivity index is 1.84. The smallest absolute Gasteiger partial charge is 0.251 e. The molecule has 1 saturated carbocycles. The molecule has 0 heterocycles. The largest absolute Gasteiger partial charge is 0.352 e. The number of hydrogen-bond donors (Lipinski definition) is 2. The minimum absolute atomic E-state index is 0.109. The van der Waals surface area contributed by atoms with Gasteiger partial charge in [0.25, 0.3) is 5.91 Å². The monoisotopic (exact) mass is 288 g/mol. The molecule has 2 rings (SSSR count). The predicted octanol–water partition coefficient (Wildman–Crippen LogP) is 2.50. The van der Waals surface area contributed by atoms with E-state index < -0.39 is 6.04 Å². The number of benzene rings is 1. The van der Waals surface area contributed by atoms with Gasteiger partial charge in [0.2, 0.25) is 5.91 Å². The van der Waals surface area contributed by atoms with Crippen LogP contribution in [0, 0.1) is 5.41 Å². The maximum atomic E-state index is 12.2. The van der Waals surface area contributed by atoms with Gasteiger partial charge in [-0.05, 0) is 43.7 Å². The van der Waals surface area contributed by atoms with Crippen molar-refractivity contribution in [1.29, 1.82) is 0 Å². The van der Waals surface area contributed by atoms with Crippen LogP contribution >= 0.6 is 0 Å². The normalized spacial score (nSPS) is 21.6. The van der Waals surface area contributed by atoms with Crippen LogP contribution in [0.1, 0.15) is 50.4 Å². The molecule has 0 bridgehead atoms. The summed E-state index contributed by atoms with van der Waals surface area (Å²) >= 11 is 0. The minimum atomic E-state index is -0.526. The Labute approximate surface area is 126 Å². The van der Waals surface area contributed by atoms with Crippen LogP contribution in [0.4, 0.5) is 0 Å². The van der Waals surface area contributed by atoms with Crippen molar-refractivity contribution in [3.8, 4) is 0 Å². The fourth-order valence-electron chi connectivity index (χ4n) is 2.82. The average Bonchev–Trinajstić information content (AvgIpc) is 2.78. The second-order valence-electron chi connectivity index (χ2n) is 6.67. The molecule has 1 aromatic rings. The molecule has 2 atom stereocenters. The second kappa shape index (κ2) is 6.29. The summed E-state index contributed by atoms with van der Waals surface area (Å²) in [6, 6.07) is 8.64. The molecular formula is C17H24N2O2. The standard InChI is InChI=1S/C17H24N2O2/c1-12(18-16(21)13-7-5-4-6-8-13)15(20)19-14-9-10-17(2,3)11-14/h4-8,12,14H,9-11H2,1-3H3,(H,18,21)(H,19,20). The molecule has 0 aliphatic heterocycles. The quantitative estimate of drug-likeness (QED) is 0.894. The van der Waals surface area contributed by atoms with E-state index in [2.05, 4.69) is 24.5 Å². The Bertz CT molecular complexity index is 511. The van der Waals surface area contributed by atoms with Crippen molar-refractivity contribution in [2.45, 2.75) is 52.1 Å². The van der Waals surface area contributed by atoms with E-state index in [1.165, 1.54) is 0 Å². The summed E-state index contributed by atoms with van der Waals surface area (Å²) in [5.74, 6) is -0.327. The van der Waals surface area contributed by atoms with Gasteiger partial charge in [0.15, 0.2) is 0 Å². The van der Waals surface area contributed by atoms with E-state index in [1.807, 2.05) is 6.07 Å². The van der Waals surface area contributed by atoms with Gasteiger partial charge in [-0.1, -0.05) is 32.0 Å². The van der Waals surface area contributed by atoms with Crippen molar-refractivity contribution >= 4 is 11.8 Å². The van der Waals surface area contributed by atoms with Gasteiger partial charge in [0, 0.05) is 11.6 Å². The van der Waals surface area contributed by atoms with E-state index >= 15 is 0 Å². The zero-order chi connectivity index (χ0) is 15.5. The van der Waals surface area contributed by atoms with Crippen molar-refractivity contribution in [1.82, 2.24) is 10.6 Å². The number of carbonyl (C=O) groups is 2. The Hall–Kier alpha value is -1.84. The fraction of sp³-hybridized carbons (Fsp3) is 0.529. The van der Waals surface area contributed by atoms with Crippen molar-refractivity contribution in [3.05, 3.63) is 35.9 Å². The Morgan fingerprint density at radius 2 is 1.90 bits per heavy atom. The lowest BCUT2D eigenvalue weighted by atomic mass is 9.92. The highest BCUT2D eigenvalue weighted by atomic mass is 16.2. The molecule has 1 fully saturated rings.